The summed E-state index contributed by atoms with van der Waals surface area (Å²) < 4.78 is 33.0. The highest BCUT2D eigenvalue weighted by Crippen LogP contribution is 2.39. The maximum Gasteiger partial charge on any atom is 0.333 e. The summed E-state index contributed by atoms with van der Waals surface area (Å²) in [6.45, 7) is 2.57. The molecule has 9 nitrogen and oxygen atoms in total. The summed E-state index contributed by atoms with van der Waals surface area (Å²) in [5.41, 5.74) is 3.55. The van der Waals surface area contributed by atoms with Crippen LogP contribution in [0.5, 0.6) is 0 Å². The number of aryl methyl sites for hydroxylation is 1. The zero-order valence-corrected chi connectivity index (χ0v) is 22.4. The summed E-state index contributed by atoms with van der Waals surface area (Å²) in [5, 5.41) is 8.89. The predicted molar refractivity (Wildman–Crippen MR) is 141 cm³/mol. The fourth-order valence-electron chi connectivity index (χ4n) is 4.83. The first-order chi connectivity index (χ1) is 17.7. The van der Waals surface area contributed by atoms with E-state index in [1.54, 1.807) is 0 Å². The van der Waals surface area contributed by atoms with Crippen molar-refractivity contribution in [1.82, 2.24) is 9.97 Å². The van der Waals surface area contributed by atoms with E-state index in [0.717, 1.165) is 22.4 Å². The smallest absolute Gasteiger partial charge is 0.333 e. The molecule has 0 saturated heterocycles. The first-order valence-electron chi connectivity index (χ1n) is 11.8. The van der Waals surface area contributed by atoms with E-state index in [9.17, 15) is 13.2 Å². The zero-order chi connectivity index (χ0) is 26.2. The monoisotopic (exact) mass is 561 g/mol. The molecule has 5 rings (SSSR count). The molecule has 1 saturated carbocycles. The predicted octanol–water partition coefficient (Wildman–Crippen LogP) is 4.01. The quantitative estimate of drug-likeness (QED) is 0.394. The molecular formula is C25H26ClN4O5S2. The summed E-state index contributed by atoms with van der Waals surface area (Å²) in [4.78, 5) is 23.6. The van der Waals surface area contributed by atoms with Gasteiger partial charge in [0.05, 0.1) is 23.7 Å². The Hall–Kier alpha value is -2.41. The minimum absolute atomic E-state index is 0.0125. The molecule has 1 fully saturated rings. The van der Waals surface area contributed by atoms with Crippen molar-refractivity contribution in [2.45, 2.75) is 38.3 Å². The number of nitrogens with zero attached hydrogens (tertiary/aromatic N) is 2. The number of benzene rings is 1. The molecule has 1 radical (unpaired) electrons. The summed E-state index contributed by atoms with van der Waals surface area (Å²) >= 11 is 7.68. The molecule has 3 heterocycles. The molecular weight excluding hydrogens is 536 g/mol. The van der Waals surface area contributed by atoms with Crippen LogP contribution in [0.3, 0.4) is 0 Å². The second-order valence-corrected chi connectivity index (χ2v) is 12.1. The number of carbonyl (C=O) groups excluding carboxylic acids is 1. The fraction of sp³-hybridized carbons (Fsp3) is 0.360. The molecule has 0 spiro atoms. The lowest BCUT2D eigenvalue weighted by Crippen LogP contribution is -2.22. The number of rotatable bonds is 8. The van der Waals surface area contributed by atoms with Gasteiger partial charge in [0.1, 0.15) is 18.2 Å². The van der Waals surface area contributed by atoms with Crippen molar-refractivity contribution in [3.05, 3.63) is 80.2 Å². The van der Waals surface area contributed by atoms with Gasteiger partial charge >= 0.3 is 10.3 Å². The summed E-state index contributed by atoms with van der Waals surface area (Å²) in [6, 6.07) is 7.72. The second-order valence-electron chi connectivity index (χ2n) is 9.17. The van der Waals surface area contributed by atoms with Crippen LogP contribution in [0.15, 0.2) is 36.8 Å². The Balaban J connectivity index is 1.34. The molecule has 37 heavy (non-hydrogen) atoms. The molecule has 1 aromatic carbocycles. The van der Waals surface area contributed by atoms with Crippen molar-refractivity contribution in [2.75, 3.05) is 18.5 Å². The highest BCUT2D eigenvalue weighted by molar-refractivity contribution is 7.84. The number of nitrogens with two attached hydrogens (primary N) is 1. The number of nitrogens with one attached hydrogen (secondary N) is 1. The van der Waals surface area contributed by atoms with Gasteiger partial charge in [-0.15, -0.1) is 11.3 Å². The van der Waals surface area contributed by atoms with Crippen LogP contribution in [-0.2, 0) is 25.6 Å². The minimum atomic E-state index is -3.99. The summed E-state index contributed by atoms with van der Waals surface area (Å²) in [5.74, 6) is 0.178. The van der Waals surface area contributed by atoms with Gasteiger partial charge in [-0.1, -0.05) is 17.7 Å². The summed E-state index contributed by atoms with van der Waals surface area (Å²) in [6.07, 6.45) is 6.71. The van der Waals surface area contributed by atoms with Gasteiger partial charge in [-0.2, -0.15) is 8.42 Å². The van der Waals surface area contributed by atoms with Crippen molar-refractivity contribution in [2.24, 2.45) is 11.1 Å². The minimum Gasteiger partial charge on any atom is -0.368 e. The fourth-order valence-corrected chi connectivity index (χ4v) is 6.37. The van der Waals surface area contributed by atoms with Crippen LogP contribution in [-0.4, -0.2) is 43.4 Å². The van der Waals surface area contributed by atoms with Crippen molar-refractivity contribution in [3.8, 4) is 0 Å². The van der Waals surface area contributed by atoms with Gasteiger partial charge in [-0.3, -0.25) is 8.98 Å². The van der Waals surface area contributed by atoms with E-state index >= 15 is 0 Å². The van der Waals surface area contributed by atoms with Gasteiger partial charge in [0, 0.05) is 22.1 Å². The van der Waals surface area contributed by atoms with Crippen molar-refractivity contribution >= 4 is 44.8 Å². The molecule has 0 bridgehead atoms. The lowest BCUT2D eigenvalue weighted by molar-refractivity contribution is 0.0697. The third-order valence-corrected chi connectivity index (χ3v) is 8.36. The Morgan fingerprint density at radius 2 is 2.16 bits per heavy atom. The number of ketones is 1. The average molecular weight is 562 g/mol. The number of anilines is 1. The van der Waals surface area contributed by atoms with Gasteiger partial charge in [-0.05, 0) is 73.4 Å². The van der Waals surface area contributed by atoms with Crippen molar-refractivity contribution in [3.63, 3.8) is 0 Å². The molecule has 1 aliphatic carbocycles. The second kappa shape index (κ2) is 10.8. The summed E-state index contributed by atoms with van der Waals surface area (Å²) in [7, 11) is -3.99. The van der Waals surface area contributed by atoms with Crippen molar-refractivity contribution < 1.29 is 22.1 Å². The SMILES string of the molecule is Cc1sc(C(=O)c2cncnc2N[C@@H]2C[CH][C@@H](COS(N)(=O)=O)C2)cc1[C@@H]1OCCc2ccc(Cl)cc21. The maximum absolute atomic E-state index is 13.6. The number of ether oxygens (including phenoxy) is 1. The zero-order valence-electron chi connectivity index (χ0n) is 20.0. The van der Waals surface area contributed by atoms with Crippen molar-refractivity contribution in [1.29, 1.82) is 0 Å². The van der Waals surface area contributed by atoms with Crippen LogP contribution in [0.25, 0.3) is 0 Å². The highest BCUT2D eigenvalue weighted by atomic mass is 35.5. The number of hydrogen-bond acceptors (Lipinski definition) is 9. The molecule has 2 aliphatic rings. The Kier molecular flexibility index (Phi) is 7.62. The first kappa shape index (κ1) is 26.2. The van der Waals surface area contributed by atoms with E-state index < -0.39 is 10.3 Å². The largest absolute Gasteiger partial charge is 0.368 e. The topological polar surface area (TPSA) is 133 Å². The van der Waals surface area contributed by atoms with Crippen LogP contribution in [0, 0.1) is 19.3 Å². The number of aromatic nitrogens is 2. The van der Waals surface area contributed by atoms with Gasteiger partial charge in [0.25, 0.3) is 0 Å². The molecule has 195 valence electrons. The standard InChI is InChI=1S/C25H26ClN4O5S2/c1-14-19(24-20-9-17(26)4-3-16(20)6-7-34-24)10-22(36-14)23(31)21-11-28-13-29-25(21)30-18-5-2-15(8-18)12-35-37(27,32)33/h2-4,9-11,13,15,18,24H,5-8,12H2,1H3,(H2,27,32,33)(H,28,29,30)/t15-,18-,24+/m1/s1. The lowest BCUT2D eigenvalue weighted by atomic mass is 9.93. The Labute approximate surface area is 224 Å². The van der Waals surface area contributed by atoms with Gasteiger partial charge in [0.2, 0.25) is 5.78 Å². The highest BCUT2D eigenvalue weighted by Gasteiger charge is 2.30. The van der Waals surface area contributed by atoms with Gasteiger partial charge < -0.3 is 10.1 Å². The molecule has 1 aliphatic heterocycles. The van der Waals surface area contributed by atoms with E-state index in [0.29, 0.717) is 40.7 Å². The van der Waals surface area contributed by atoms with Crippen LogP contribution < -0.4 is 10.5 Å². The first-order valence-corrected chi connectivity index (χ1v) is 14.5. The lowest BCUT2D eigenvalue weighted by Gasteiger charge is -2.26. The number of thiophene rings is 1. The Bertz CT molecular complexity index is 1430. The molecule has 2 aromatic heterocycles. The number of hydrogen-bond donors (Lipinski definition) is 2. The number of fused-ring (bicyclic) bond motifs is 1. The van der Waals surface area contributed by atoms with E-state index in [4.69, 9.17) is 25.7 Å². The Morgan fingerprint density at radius 3 is 2.97 bits per heavy atom. The molecule has 0 amide bonds. The van der Waals surface area contributed by atoms with E-state index in [2.05, 4.69) is 15.3 Å². The number of carbonyl (C=O) groups is 1. The molecule has 3 aromatic rings. The van der Waals surface area contributed by atoms with Gasteiger partial charge in [0.15, 0.2) is 0 Å². The van der Waals surface area contributed by atoms with E-state index in [-0.39, 0.29) is 30.5 Å². The maximum atomic E-state index is 13.6. The third kappa shape index (κ3) is 6.02. The van der Waals surface area contributed by atoms with Crippen LogP contribution in [0.1, 0.15) is 55.7 Å². The molecule has 0 unspecified atom stereocenters. The van der Waals surface area contributed by atoms with Gasteiger partial charge in [-0.25, -0.2) is 15.1 Å². The average Bonchev–Trinajstić information content (AvgIpc) is 3.48. The molecule has 3 atom stereocenters. The Morgan fingerprint density at radius 1 is 1.32 bits per heavy atom. The molecule has 3 N–H and O–H groups in total. The van der Waals surface area contributed by atoms with Crippen LogP contribution in [0.2, 0.25) is 5.02 Å². The molecule has 12 heteroatoms. The number of halogens is 1. The van der Waals surface area contributed by atoms with Crippen LogP contribution >= 0.6 is 22.9 Å². The van der Waals surface area contributed by atoms with E-state index in [1.807, 2.05) is 37.6 Å². The van der Waals surface area contributed by atoms with E-state index in [1.165, 1.54) is 29.4 Å². The van der Waals surface area contributed by atoms with Crippen LogP contribution in [0.4, 0.5) is 5.82 Å². The third-order valence-electron chi connectivity index (χ3n) is 6.59. The normalized spacial score (nSPS) is 21.5.